The van der Waals surface area contributed by atoms with Gasteiger partial charge in [-0.2, -0.15) is 16.9 Å². The van der Waals surface area contributed by atoms with E-state index in [1.165, 1.54) is 6.07 Å². The fourth-order valence-corrected chi connectivity index (χ4v) is 2.88. The summed E-state index contributed by atoms with van der Waals surface area (Å²) >= 11 is 1.78. The highest BCUT2D eigenvalue weighted by molar-refractivity contribution is 7.98. The molecule has 1 atom stereocenters. The first-order valence-electron chi connectivity index (χ1n) is 7.41. The third-order valence-corrected chi connectivity index (χ3v) is 4.11. The summed E-state index contributed by atoms with van der Waals surface area (Å²) < 4.78 is 15.5. The summed E-state index contributed by atoms with van der Waals surface area (Å²) in [4.78, 5) is 6.77. The van der Waals surface area contributed by atoms with Crippen molar-refractivity contribution in [3.8, 4) is 0 Å². The van der Waals surface area contributed by atoms with Crippen LogP contribution in [0.1, 0.15) is 30.2 Å². The molecule has 1 aromatic heterocycles. The lowest BCUT2D eigenvalue weighted by Crippen LogP contribution is -2.25. The third kappa shape index (κ3) is 3.87. The molecule has 0 amide bonds. The van der Waals surface area contributed by atoms with Crippen LogP contribution in [-0.2, 0) is 13.0 Å². The van der Waals surface area contributed by atoms with Crippen LogP contribution >= 0.6 is 11.8 Å². The van der Waals surface area contributed by atoms with Gasteiger partial charge in [0.15, 0.2) is 5.82 Å². The van der Waals surface area contributed by atoms with E-state index in [1.54, 1.807) is 23.9 Å². The van der Waals surface area contributed by atoms with E-state index in [0.717, 1.165) is 35.9 Å². The molecule has 2 aromatic rings. The Morgan fingerprint density at radius 2 is 2.14 bits per heavy atom. The third-order valence-electron chi connectivity index (χ3n) is 3.50. The second-order valence-electron chi connectivity index (χ2n) is 5.37. The van der Waals surface area contributed by atoms with Gasteiger partial charge in [-0.15, -0.1) is 0 Å². The van der Waals surface area contributed by atoms with Gasteiger partial charge in [-0.1, -0.05) is 12.1 Å². The first-order chi connectivity index (χ1) is 10.6. The maximum atomic E-state index is 13.6. The van der Waals surface area contributed by atoms with Gasteiger partial charge < -0.3 is 0 Å². The van der Waals surface area contributed by atoms with Gasteiger partial charge in [0, 0.05) is 18.7 Å². The van der Waals surface area contributed by atoms with Gasteiger partial charge in [0.05, 0.1) is 6.04 Å². The van der Waals surface area contributed by atoms with Crippen molar-refractivity contribution in [2.45, 2.75) is 25.9 Å². The van der Waals surface area contributed by atoms with E-state index >= 15 is 0 Å². The number of aryl methyl sites for hydroxylation is 2. The Hall–Kier alpha value is -1.40. The number of nitrogens with zero attached hydrogens (tertiary/aromatic N) is 4. The molecule has 0 aliphatic carbocycles. The molecule has 1 heterocycles. The van der Waals surface area contributed by atoms with Gasteiger partial charge in [0.2, 0.25) is 0 Å². The van der Waals surface area contributed by atoms with Crippen LogP contribution in [0.3, 0.4) is 0 Å². The molecule has 1 aromatic carbocycles. The van der Waals surface area contributed by atoms with Crippen LogP contribution in [0, 0.1) is 5.82 Å². The quantitative estimate of drug-likeness (QED) is 0.785. The molecule has 6 heteroatoms. The van der Waals surface area contributed by atoms with E-state index in [1.807, 2.05) is 29.7 Å². The van der Waals surface area contributed by atoms with Crippen molar-refractivity contribution in [3.05, 3.63) is 47.3 Å². The number of hydrogen-bond donors (Lipinski definition) is 0. The van der Waals surface area contributed by atoms with E-state index < -0.39 is 0 Å². The maximum Gasteiger partial charge on any atom is 0.151 e. The molecule has 22 heavy (non-hydrogen) atoms. The average Bonchev–Trinajstić information content (AvgIpc) is 2.88. The molecule has 0 saturated carbocycles. The lowest BCUT2D eigenvalue weighted by Gasteiger charge is -2.24. The van der Waals surface area contributed by atoms with Crippen LogP contribution < -0.4 is 0 Å². The molecular formula is C16H23FN4S. The van der Waals surface area contributed by atoms with Crippen molar-refractivity contribution >= 4 is 11.8 Å². The van der Waals surface area contributed by atoms with Gasteiger partial charge in [-0.05, 0) is 45.0 Å². The zero-order valence-corrected chi connectivity index (χ0v) is 14.4. The monoisotopic (exact) mass is 322 g/mol. The molecule has 0 spiro atoms. The van der Waals surface area contributed by atoms with Crippen LogP contribution in [0.4, 0.5) is 4.39 Å². The lowest BCUT2D eigenvalue weighted by molar-refractivity contribution is 0.318. The van der Waals surface area contributed by atoms with Crippen LogP contribution in [-0.4, -0.2) is 45.8 Å². The first kappa shape index (κ1) is 17.0. The van der Waals surface area contributed by atoms with Gasteiger partial charge >= 0.3 is 0 Å². The summed E-state index contributed by atoms with van der Waals surface area (Å²) in [6.07, 6.45) is 2.93. The molecule has 0 bridgehead atoms. The second-order valence-corrected chi connectivity index (χ2v) is 6.35. The van der Waals surface area contributed by atoms with Crippen LogP contribution in [0.15, 0.2) is 24.3 Å². The fraction of sp³-hybridized carbons (Fsp3) is 0.500. The van der Waals surface area contributed by atoms with Crippen molar-refractivity contribution in [2.24, 2.45) is 0 Å². The number of thioether (sulfide) groups is 1. The minimum atomic E-state index is -0.227. The van der Waals surface area contributed by atoms with E-state index in [4.69, 9.17) is 4.98 Å². The maximum absolute atomic E-state index is 13.6. The Labute approximate surface area is 135 Å². The van der Waals surface area contributed by atoms with Crippen molar-refractivity contribution < 1.29 is 4.39 Å². The molecule has 0 fully saturated rings. The molecule has 0 aliphatic rings. The highest BCUT2D eigenvalue weighted by atomic mass is 32.2. The van der Waals surface area contributed by atoms with Crippen LogP contribution in [0.25, 0.3) is 0 Å². The molecule has 120 valence electrons. The van der Waals surface area contributed by atoms with E-state index in [0.29, 0.717) is 0 Å². The molecular weight excluding hydrogens is 299 g/mol. The van der Waals surface area contributed by atoms with E-state index in [2.05, 4.69) is 18.3 Å². The number of halogens is 1. The zero-order valence-electron chi connectivity index (χ0n) is 13.6. The fourth-order valence-electron chi connectivity index (χ4n) is 2.49. The Kier molecular flexibility index (Phi) is 5.97. The summed E-state index contributed by atoms with van der Waals surface area (Å²) in [6.45, 7) is 2.80. The van der Waals surface area contributed by atoms with Crippen molar-refractivity contribution in [1.29, 1.82) is 0 Å². The molecule has 2 rings (SSSR count). The van der Waals surface area contributed by atoms with E-state index in [-0.39, 0.29) is 11.9 Å². The van der Waals surface area contributed by atoms with Crippen LogP contribution in [0.2, 0.25) is 0 Å². The van der Waals surface area contributed by atoms with Gasteiger partial charge in [-0.3, -0.25) is 4.90 Å². The molecule has 0 saturated heterocycles. The summed E-state index contributed by atoms with van der Waals surface area (Å²) in [7, 11) is 3.96. The number of rotatable bonds is 7. The summed E-state index contributed by atoms with van der Waals surface area (Å²) in [6, 6.07) is 6.60. The molecule has 0 unspecified atom stereocenters. The smallest absolute Gasteiger partial charge is 0.151 e. The molecule has 4 nitrogen and oxygen atoms in total. The van der Waals surface area contributed by atoms with Crippen LogP contribution in [0.5, 0.6) is 0 Å². The first-order valence-corrected chi connectivity index (χ1v) is 8.80. The van der Waals surface area contributed by atoms with Crippen molar-refractivity contribution in [2.75, 3.05) is 26.1 Å². The average molecular weight is 322 g/mol. The summed E-state index contributed by atoms with van der Waals surface area (Å²) in [5.74, 6) is 2.50. The van der Waals surface area contributed by atoms with E-state index in [9.17, 15) is 4.39 Å². The highest BCUT2D eigenvalue weighted by Crippen LogP contribution is 2.26. The Morgan fingerprint density at radius 1 is 1.36 bits per heavy atom. The minimum absolute atomic E-state index is 0.105. The SMILES string of the molecule is CCn1nc(CCSC)nc1[C@H](c1cccc(F)c1)N(C)C. The minimum Gasteiger partial charge on any atom is -0.296 e. The zero-order chi connectivity index (χ0) is 16.1. The van der Waals surface area contributed by atoms with Crippen molar-refractivity contribution in [3.63, 3.8) is 0 Å². The molecule has 0 radical (unpaired) electrons. The standard InChI is InChI=1S/C16H23FN4S/c1-5-21-16(18-14(19-21)9-10-22-4)15(20(2)3)12-7-6-8-13(17)11-12/h6-8,11,15H,5,9-10H2,1-4H3/t15-/m0/s1. The van der Waals surface area contributed by atoms with Gasteiger partial charge in [0.25, 0.3) is 0 Å². The van der Waals surface area contributed by atoms with Crippen molar-refractivity contribution in [1.82, 2.24) is 19.7 Å². The Bertz CT molecular complexity index is 612. The Morgan fingerprint density at radius 3 is 2.73 bits per heavy atom. The second kappa shape index (κ2) is 7.74. The predicted molar refractivity (Wildman–Crippen MR) is 89.7 cm³/mol. The molecule has 0 N–H and O–H groups in total. The number of aromatic nitrogens is 3. The molecule has 0 aliphatic heterocycles. The van der Waals surface area contributed by atoms with Gasteiger partial charge in [-0.25, -0.2) is 14.1 Å². The Balaban J connectivity index is 2.42. The highest BCUT2D eigenvalue weighted by Gasteiger charge is 2.23. The van der Waals surface area contributed by atoms with Gasteiger partial charge in [0.1, 0.15) is 11.6 Å². The number of hydrogen-bond acceptors (Lipinski definition) is 4. The summed E-state index contributed by atoms with van der Waals surface area (Å²) in [5.41, 5.74) is 0.892. The normalized spacial score (nSPS) is 12.8. The number of benzene rings is 1. The summed E-state index contributed by atoms with van der Waals surface area (Å²) in [5, 5.41) is 4.59. The largest absolute Gasteiger partial charge is 0.296 e. The lowest BCUT2D eigenvalue weighted by atomic mass is 10.1. The predicted octanol–water partition coefficient (Wildman–Crippen LogP) is 2.99. The topological polar surface area (TPSA) is 34.0 Å².